The number of aromatic nitrogens is 6. The van der Waals surface area contributed by atoms with E-state index in [0.717, 1.165) is 17.8 Å². The van der Waals surface area contributed by atoms with E-state index in [0.29, 0.717) is 45.3 Å². The second-order valence-corrected chi connectivity index (χ2v) is 20.8. The number of anilines is 3. The number of rotatable bonds is 6. The number of aliphatic hydroxyl groups excluding tert-OH is 1. The van der Waals surface area contributed by atoms with E-state index in [4.69, 9.17) is 33.4 Å². The fourth-order valence-corrected chi connectivity index (χ4v) is 4.08. The molecule has 6 aromatic rings. The van der Waals surface area contributed by atoms with Crippen molar-refractivity contribution in [1.29, 1.82) is 0 Å². The molecule has 11 nitrogen and oxygen atoms in total. The predicted molar refractivity (Wildman–Crippen MR) is 212 cm³/mol. The molecule has 0 fully saturated rings. The SMILES string of the molecule is CC(=O)c1cc(N)n(-c2ccc(F)cc2)n1.CC(C)(C)[Si](C)(C)Cl.CCc1cc(N)n(-c2ccc(F)cc2)n1.Nc1cc(CO)nn1-c1ccc(F)cc1. The number of nitrogens with zero attached hydrogens (tertiary/aromatic N) is 6. The Morgan fingerprint density at radius 3 is 1.26 bits per heavy atom. The van der Waals surface area contributed by atoms with Gasteiger partial charge in [0, 0.05) is 25.1 Å². The molecule has 0 aliphatic carbocycles. The Morgan fingerprint density at radius 2 is 1.00 bits per heavy atom. The molecule has 288 valence electrons. The summed E-state index contributed by atoms with van der Waals surface area (Å²) in [5.74, 6) is 0.252. The van der Waals surface area contributed by atoms with E-state index in [1.807, 2.05) is 13.0 Å². The third kappa shape index (κ3) is 12.1. The van der Waals surface area contributed by atoms with Gasteiger partial charge in [0.05, 0.1) is 35.1 Å². The third-order valence-corrected chi connectivity index (χ3v) is 13.5. The summed E-state index contributed by atoms with van der Waals surface area (Å²) in [7, 11) is -1.39. The topological polar surface area (TPSA) is 169 Å². The standard InChI is InChI=1S/C11H10FN3O.C11H12FN3.C10H10FN3O.C6H15ClSi/c1-7(16)10-6-11(13)15(14-10)9-4-2-8(12)3-5-9;1-2-9-7-11(13)15(14-9)10-5-3-8(12)4-6-10;11-7-1-3-9(4-2-7)14-10(12)5-8(6-15)13-14;1-6(2,3)8(4,5)7/h2-6H,13H2,1H3;3-7H,2,13H2,1H3;1-5,15H,6,12H2;1-5H3. The van der Waals surface area contributed by atoms with Gasteiger partial charge in [0.2, 0.25) is 0 Å². The lowest BCUT2D eigenvalue weighted by Crippen LogP contribution is -2.29. The number of hydrogen-bond donors (Lipinski definition) is 4. The number of halogens is 4. The van der Waals surface area contributed by atoms with Crippen LogP contribution in [-0.2, 0) is 13.0 Å². The predicted octanol–water partition coefficient (Wildman–Crippen LogP) is 8.27. The number of aryl methyl sites for hydroxylation is 1. The van der Waals surface area contributed by atoms with E-state index in [1.165, 1.54) is 58.8 Å². The van der Waals surface area contributed by atoms with Gasteiger partial charge < -0.3 is 22.3 Å². The molecule has 54 heavy (non-hydrogen) atoms. The number of nitrogens with two attached hydrogens (primary N) is 3. The van der Waals surface area contributed by atoms with Gasteiger partial charge in [-0.2, -0.15) is 26.4 Å². The van der Waals surface area contributed by atoms with Gasteiger partial charge >= 0.3 is 0 Å². The first kappa shape index (κ1) is 43.0. The highest BCUT2D eigenvalue weighted by molar-refractivity contribution is 7.20. The number of hydrogen-bond acceptors (Lipinski definition) is 8. The maximum absolute atomic E-state index is 12.7. The lowest BCUT2D eigenvalue weighted by atomic mass is 10.2. The molecule has 16 heteroatoms. The number of ketones is 1. The summed E-state index contributed by atoms with van der Waals surface area (Å²) in [6.07, 6.45) is 0.832. The van der Waals surface area contributed by atoms with Crippen LogP contribution in [0.3, 0.4) is 0 Å². The van der Waals surface area contributed by atoms with Gasteiger partial charge in [-0.05, 0) is 84.3 Å². The molecule has 3 aromatic heterocycles. The van der Waals surface area contributed by atoms with Crippen molar-refractivity contribution < 1.29 is 23.1 Å². The molecule has 0 atom stereocenters. The summed E-state index contributed by atoms with van der Waals surface area (Å²) >= 11 is 6.15. The van der Waals surface area contributed by atoms with Crippen LogP contribution in [0.4, 0.5) is 30.6 Å². The molecule has 0 radical (unpaired) electrons. The lowest BCUT2D eigenvalue weighted by molar-refractivity contribution is 0.101. The van der Waals surface area contributed by atoms with Crippen molar-refractivity contribution in [2.45, 2.75) is 65.8 Å². The normalized spacial score (nSPS) is 11.0. The van der Waals surface area contributed by atoms with Crippen LogP contribution in [0.2, 0.25) is 18.1 Å². The summed E-state index contributed by atoms with van der Waals surface area (Å²) in [6, 6.07) is 22.5. The van der Waals surface area contributed by atoms with Crippen LogP contribution < -0.4 is 17.2 Å². The van der Waals surface area contributed by atoms with E-state index >= 15 is 0 Å². The summed E-state index contributed by atoms with van der Waals surface area (Å²) in [4.78, 5) is 11.1. The van der Waals surface area contributed by atoms with Crippen molar-refractivity contribution in [3.63, 3.8) is 0 Å². The Morgan fingerprint density at radius 1 is 0.685 bits per heavy atom. The monoisotopic (exact) mass is 781 g/mol. The van der Waals surface area contributed by atoms with Crippen LogP contribution in [0.15, 0.2) is 91.0 Å². The highest BCUT2D eigenvalue weighted by Crippen LogP contribution is 2.38. The van der Waals surface area contributed by atoms with Crippen molar-refractivity contribution in [3.05, 3.63) is 126 Å². The average Bonchev–Trinajstić information content (AvgIpc) is 3.81. The van der Waals surface area contributed by atoms with Gasteiger partial charge in [-0.15, -0.1) is 0 Å². The first-order valence-corrected chi connectivity index (χ1v) is 20.9. The Hall–Kier alpha value is -5.38. The zero-order chi connectivity index (χ0) is 40.4. The Balaban J connectivity index is 0.000000199. The number of carbonyl (C=O) groups excluding carboxylic acids is 1. The highest BCUT2D eigenvalue weighted by atomic mass is 35.6. The third-order valence-electron chi connectivity index (χ3n) is 8.19. The van der Waals surface area contributed by atoms with Gasteiger partial charge in [-0.1, -0.05) is 40.8 Å². The largest absolute Gasteiger partial charge is 0.390 e. The fourth-order valence-electron chi connectivity index (χ4n) is 4.08. The zero-order valence-electron chi connectivity index (χ0n) is 31.4. The van der Waals surface area contributed by atoms with E-state index in [9.17, 15) is 18.0 Å². The molecule has 6 rings (SSSR count). The summed E-state index contributed by atoms with van der Waals surface area (Å²) in [5, 5.41) is 21.6. The Bertz CT molecular complexity index is 2000. The van der Waals surface area contributed by atoms with E-state index in [2.05, 4.69) is 49.2 Å². The minimum atomic E-state index is -1.39. The molecule has 7 N–H and O–H groups in total. The van der Waals surface area contributed by atoms with Gasteiger partial charge in [0.15, 0.2) is 13.2 Å². The van der Waals surface area contributed by atoms with Crippen LogP contribution in [-0.4, -0.2) is 47.6 Å². The summed E-state index contributed by atoms with van der Waals surface area (Å²) < 4.78 is 42.6. The summed E-state index contributed by atoms with van der Waals surface area (Å²) in [5.41, 5.74) is 20.9. The van der Waals surface area contributed by atoms with Crippen LogP contribution in [0.5, 0.6) is 0 Å². The van der Waals surface area contributed by atoms with Crippen LogP contribution in [0, 0.1) is 17.5 Å². The van der Waals surface area contributed by atoms with Gasteiger partial charge in [-0.3, -0.25) is 4.79 Å². The van der Waals surface area contributed by atoms with Crippen LogP contribution >= 0.6 is 11.1 Å². The van der Waals surface area contributed by atoms with Crippen molar-refractivity contribution in [2.75, 3.05) is 17.2 Å². The van der Waals surface area contributed by atoms with Crippen molar-refractivity contribution in [1.82, 2.24) is 29.3 Å². The van der Waals surface area contributed by atoms with Crippen LogP contribution in [0.25, 0.3) is 17.1 Å². The molecule has 0 aliphatic heterocycles. The zero-order valence-corrected chi connectivity index (χ0v) is 33.1. The Kier molecular flexibility index (Phi) is 14.8. The number of Topliss-reactive ketones (excluding diaryl/α,β-unsaturated/α-hetero) is 1. The molecule has 3 heterocycles. The molecule has 0 spiro atoms. The molecule has 0 saturated heterocycles. The Labute approximate surface area is 318 Å². The van der Waals surface area contributed by atoms with Crippen molar-refractivity contribution >= 4 is 41.7 Å². The van der Waals surface area contributed by atoms with Gasteiger partial charge in [-0.25, -0.2) is 27.2 Å². The first-order valence-electron chi connectivity index (χ1n) is 16.9. The number of carbonyl (C=O) groups is 1. The molecular formula is C38H47ClF3N9O2Si. The molecule has 0 aliphatic rings. The second kappa shape index (κ2) is 18.6. The summed E-state index contributed by atoms with van der Waals surface area (Å²) in [6.45, 7) is 14.2. The minimum Gasteiger partial charge on any atom is -0.390 e. The quantitative estimate of drug-likeness (QED) is 0.0744. The average molecular weight is 782 g/mol. The maximum atomic E-state index is 12.7. The van der Waals surface area contributed by atoms with E-state index in [-0.39, 0.29) is 29.8 Å². The number of benzene rings is 3. The van der Waals surface area contributed by atoms with Crippen LogP contribution in [0.1, 0.15) is 56.5 Å². The number of aliphatic hydroxyl groups is 1. The van der Waals surface area contributed by atoms with E-state index in [1.54, 1.807) is 47.1 Å². The lowest BCUT2D eigenvalue weighted by Gasteiger charge is -2.29. The fraction of sp³-hybridized carbons (Fsp3) is 0.263. The second-order valence-electron chi connectivity index (χ2n) is 13.5. The van der Waals surface area contributed by atoms with Gasteiger partial charge in [0.1, 0.15) is 40.6 Å². The maximum Gasteiger partial charge on any atom is 0.180 e. The van der Waals surface area contributed by atoms with E-state index < -0.39 is 7.38 Å². The first-order chi connectivity index (χ1) is 25.2. The molecule has 0 bridgehead atoms. The molecule has 0 saturated carbocycles. The minimum absolute atomic E-state index is 0.160. The number of nitrogen functional groups attached to an aromatic ring is 3. The molecule has 3 aromatic carbocycles. The molecule has 0 amide bonds. The van der Waals surface area contributed by atoms with Crippen molar-refractivity contribution in [2.24, 2.45) is 0 Å². The highest BCUT2D eigenvalue weighted by Gasteiger charge is 2.32. The molecular weight excluding hydrogens is 735 g/mol. The van der Waals surface area contributed by atoms with Gasteiger partial charge in [0.25, 0.3) is 0 Å². The smallest absolute Gasteiger partial charge is 0.180 e. The van der Waals surface area contributed by atoms with Crippen molar-refractivity contribution in [3.8, 4) is 17.1 Å². The molecule has 0 unspecified atom stereocenters.